The highest BCUT2D eigenvalue weighted by atomic mass is 79.9. The Labute approximate surface area is 115 Å². The first-order valence-electron chi connectivity index (χ1n) is 6.14. The molecular weight excluding hydrogens is 288 g/mol. The fourth-order valence-corrected chi connectivity index (χ4v) is 2.94. The highest BCUT2D eigenvalue weighted by Gasteiger charge is 2.15. The average molecular weight is 303 g/mol. The van der Waals surface area contributed by atoms with Crippen LogP contribution < -0.4 is 5.73 Å². The number of fused-ring (bicyclic) bond motifs is 2. The van der Waals surface area contributed by atoms with Gasteiger partial charge in [0.25, 0.3) is 0 Å². The van der Waals surface area contributed by atoms with Gasteiger partial charge < -0.3 is 5.73 Å². The molecule has 1 aliphatic carbocycles. The lowest BCUT2D eigenvalue weighted by molar-refractivity contribution is 0.948. The number of rotatable bonds is 0. The number of anilines is 1. The third-order valence-corrected chi connectivity index (χ3v) is 4.07. The van der Waals surface area contributed by atoms with Crippen molar-refractivity contribution in [2.24, 2.45) is 0 Å². The van der Waals surface area contributed by atoms with Crippen LogP contribution in [0.5, 0.6) is 0 Å². The van der Waals surface area contributed by atoms with Gasteiger partial charge in [0.15, 0.2) is 0 Å². The smallest absolute Gasteiger partial charge is 0.0480 e. The molecule has 0 saturated heterocycles. The second-order valence-electron chi connectivity index (χ2n) is 4.91. The summed E-state index contributed by atoms with van der Waals surface area (Å²) in [6.07, 6.45) is 4.89. The number of nitrogen functional groups attached to an aromatic ring is 1. The minimum Gasteiger partial charge on any atom is -0.399 e. The first-order valence-corrected chi connectivity index (χ1v) is 6.94. The molecule has 0 atom stereocenters. The predicted molar refractivity (Wildman–Crippen MR) is 77.7 cm³/mol. The molecule has 0 unspecified atom stereocenters. The van der Waals surface area contributed by atoms with Gasteiger partial charge in [0, 0.05) is 28.5 Å². The second kappa shape index (κ2) is 4.39. The van der Waals surface area contributed by atoms with E-state index in [-0.39, 0.29) is 0 Å². The molecule has 2 N–H and O–H groups in total. The van der Waals surface area contributed by atoms with Crippen molar-refractivity contribution in [3.05, 3.63) is 56.8 Å². The minimum absolute atomic E-state index is 0.884. The Morgan fingerprint density at radius 1 is 1.11 bits per heavy atom. The first kappa shape index (κ1) is 11.7. The van der Waals surface area contributed by atoms with Gasteiger partial charge in [0.05, 0.1) is 0 Å². The number of pyridine rings is 1. The van der Waals surface area contributed by atoms with E-state index >= 15 is 0 Å². The summed E-state index contributed by atoms with van der Waals surface area (Å²) in [6, 6.07) is 6.53. The third-order valence-electron chi connectivity index (χ3n) is 3.64. The molecule has 18 heavy (non-hydrogen) atoms. The van der Waals surface area contributed by atoms with Crippen LogP contribution >= 0.6 is 15.9 Å². The lowest BCUT2D eigenvalue weighted by Gasteiger charge is -2.09. The summed E-state index contributed by atoms with van der Waals surface area (Å²) < 4.78 is 1.06. The van der Waals surface area contributed by atoms with Crippen molar-refractivity contribution in [3.8, 4) is 0 Å². The van der Waals surface area contributed by atoms with E-state index in [0.717, 1.165) is 29.4 Å². The lowest BCUT2D eigenvalue weighted by atomic mass is 9.99. The van der Waals surface area contributed by atoms with E-state index in [1.165, 1.54) is 27.9 Å². The number of nitrogens with zero attached hydrogens (tertiary/aromatic N) is 1. The zero-order valence-electron chi connectivity index (χ0n) is 10.3. The fourth-order valence-electron chi connectivity index (χ4n) is 2.56. The molecule has 2 aromatic rings. The highest BCUT2D eigenvalue weighted by Crippen LogP contribution is 2.27. The molecule has 1 aromatic heterocycles. The maximum absolute atomic E-state index is 6.01. The van der Waals surface area contributed by atoms with Crippen LogP contribution in [0.3, 0.4) is 0 Å². The van der Waals surface area contributed by atoms with Crippen molar-refractivity contribution in [1.29, 1.82) is 0 Å². The zero-order chi connectivity index (χ0) is 12.7. The Kier molecular flexibility index (Phi) is 2.86. The van der Waals surface area contributed by atoms with E-state index in [1.807, 2.05) is 6.20 Å². The number of aryl methyl sites for hydroxylation is 3. The van der Waals surface area contributed by atoms with E-state index in [4.69, 9.17) is 5.73 Å². The third kappa shape index (κ3) is 2.03. The van der Waals surface area contributed by atoms with Crippen LogP contribution in [-0.4, -0.2) is 4.98 Å². The summed E-state index contributed by atoms with van der Waals surface area (Å²) in [6.45, 7) is 2.07. The van der Waals surface area contributed by atoms with Gasteiger partial charge in [0.1, 0.15) is 0 Å². The summed E-state index contributed by atoms with van der Waals surface area (Å²) in [7, 11) is 0. The monoisotopic (exact) mass is 302 g/mol. The molecule has 0 amide bonds. The number of hydrogen-bond donors (Lipinski definition) is 1. The van der Waals surface area contributed by atoms with Gasteiger partial charge in [-0.05, 0) is 70.1 Å². The predicted octanol–water partition coefficient (Wildman–Crippen LogP) is 3.42. The van der Waals surface area contributed by atoms with Crippen LogP contribution in [0.2, 0.25) is 0 Å². The highest BCUT2D eigenvalue weighted by molar-refractivity contribution is 9.10. The summed E-state index contributed by atoms with van der Waals surface area (Å²) in [4.78, 5) is 4.54. The van der Waals surface area contributed by atoms with Crippen molar-refractivity contribution in [1.82, 2.24) is 4.98 Å². The van der Waals surface area contributed by atoms with Gasteiger partial charge in [0.2, 0.25) is 0 Å². The van der Waals surface area contributed by atoms with Crippen LogP contribution in [0, 0.1) is 6.92 Å². The van der Waals surface area contributed by atoms with E-state index in [2.05, 4.69) is 46.0 Å². The number of halogens is 1. The molecule has 0 spiro atoms. The van der Waals surface area contributed by atoms with Gasteiger partial charge >= 0.3 is 0 Å². The zero-order valence-corrected chi connectivity index (χ0v) is 11.9. The Morgan fingerprint density at radius 3 is 2.72 bits per heavy atom. The summed E-state index contributed by atoms with van der Waals surface area (Å²) in [5, 5.41) is 0. The number of hydrogen-bond acceptors (Lipinski definition) is 2. The molecule has 0 fully saturated rings. The van der Waals surface area contributed by atoms with Gasteiger partial charge in [-0.1, -0.05) is 6.07 Å². The van der Waals surface area contributed by atoms with Crippen molar-refractivity contribution in [2.45, 2.75) is 26.2 Å². The van der Waals surface area contributed by atoms with E-state index in [9.17, 15) is 0 Å². The van der Waals surface area contributed by atoms with Crippen LogP contribution in [-0.2, 0) is 19.3 Å². The largest absolute Gasteiger partial charge is 0.399 e. The topological polar surface area (TPSA) is 38.9 Å². The van der Waals surface area contributed by atoms with E-state index < -0.39 is 0 Å². The first-order chi connectivity index (χ1) is 8.63. The van der Waals surface area contributed by atoms with Crippen LogP contribution in [0.25, 0.3) is 0 Å². The number of nitrogens with two attached hydrogens (primary N) is 1. The Morgan fingerprint density at radius 2 is 1.89 bits per heavy atom. The average Bonchev–Trinajstić information content (AvgIpc) is 2.50. The fraction of sp³-hybridized carbons (Fsp3) is 0.267. The SMILES string of the molecule is Cc1cc2c(cc1N)Cc1ncc(Br)cc1CC2. The van der Waals surface area contributed by atoms with E-state index in [1.54, 1.807) is 0 Å². The maximum Gasteiger partial charge on any atom is 0.0480 e. The number of aromatic nitrogens is 1. The molecular formula is C15H15BrN2. The molecule has 3 heteroatoms. The lowest BCUT2D eigenvalue weighted by Crippen LogP contribution is -1.99. The molecule has 0 saturated carbocycles. The quantitative estimate of drug-likeness (QED) is 0.757. The van der Waals surface area contributed by atoms with Crippen molar-refractivity contribution >= 4 is 21.6 Å². The normalized spacial score (nSPS) is 13.7. The number of benzene rings is 1. The van der Waals surface area contributed by atoms with Crippen LogP contribution in [0.15, 0.2) is 28.9 Å². The molecule has 0 radical (unpaired) electrons. The van der Waals surface area contributed by atoms with Gasteiger partial charge in [-0.15, -0.1) is 0 Å². The van der Waals surface area contributed by atoms with Crippen LogP contribution in [0.1, 0.15) is 27.9 Å². The van der Waals surface area contributed by atoms with Crippen LogP contribution in [0.4, 0.5) is 5.69 Å². The molecule has 2 nitrogen and oxygen atoms in total. The maximum atomic E-state index is 6.01. The molecule has 1 heterocycles. The van der Waals surface area contributed by atoms with E-state index in [0.29, 0.717) is 0 Å². The summed E-state index contributed by atoms with van der Waals surface area (Å²) in [5.74, 6) is 0. The molecule has 1 aromatic carbocycles. The summed E-state index contributed by atoms with van der Waals surface area (Å²) in [5.41, 5.74) is 13.3. The van der Waals surface area contributed by atoms with Crippen molar-refractivity contribution in [3.63, 3.8) is 0 Å². The second-order valence-corrected chi connectivity index (χ2v) is 5.83. The molecule has 3 rings (SSSR count). The van der Waals surface area contributed by atoms with Gasteiger partial charge in [-0.2, -0.15) is 0 Å². The molecule has 0 aliphatic heterocycles. The molecule has 0 bridgehead atoms. The standard InChI is InChI=1S/C15H15BrN2/c1-9-4-10-2-3-11-5-13(16)8-18-15(11)7-12(10)6-14(9)17/h4-6,8H,2-3,7,17H2,1H3. The summed E-state index contributed by atoms with van der Waals surface area (Å²) >= 11 is 3.49. The molecule has 92 valence electrons. The Balaban J connectivity index is 2.09. The minimum atomic E-state index is 0.884. The Bertz CT molecular complexity index is 620. The van der Waals surface area contributed by atoms with Crippen molar-refractivity contribution in [2.75, 3.05) is 5.73 Å². The Hall–Kier alpha value is -1.35. The van der Waals surface area contributed by atoms with Crippen molar-refractivity contribution < 1.29 is 0 Å². The van der Waals surface area contributed by atoms with Gasteiger partial charge in [-0.25, -0.2) is 0 Å². The molecule has 1 aliphatic rings. The van der Waals surface area contributed by atoms with Gasteiger partial charge in [-0.3, -0.25) is 4.98 Å².